The smallest absolute Gasteiger partial charge is 0.263 e. The third-order valence-electron chi connectivity index (χ3n) is 7.47. The molecule has 1 aliphatic rings. The first-order chi connectivity index (χ1) is 21.2. The average Bonchev–Trinajstić information content (AvgIpc) is 3.67. The molecule has 3 aromatic carbocycles. The summed E-state index contributed by atoms with van der Waals surface area (Å²) in [7, 11) is 0. The van der Waals surface area contributed by atoms with E-state index in [2.05, 4.69) is 22.2 Å². The molecule has 7 rings (SSSR count). The second-order valence-electron chi connectivity index (χ2n) is 10.4. The minimum atomic E-state index is 0.0790. The van der Waals surface area contributed by atoms with Gasteiger partial charge in [-0.05, 0) is 47.7 Å². The third kappa shape index (κ3) is 5.85. The highest BCUT2D eigenvalue weighted by molar-refractivity contribution is 7.12. The minimum absolute atomic E-state index is 0.0790. The van der Waals surface area contributed by atoms with E-state index in [0.717, 1.165) is 45.9 Å². The number of nitrogens with zero attached hydrogens (tertiary/aromatic N) is 5. The predicted molar refractivity (Wildman–Crippen MR) is 168 cm³/mol. The molecule has 0 aliphatic carbocycles. The standard InChI is InChI=1S/C34H29N5O3S/c40-34(28-16-8-21-43-28)39-18-9-17-38(19-20-39)32-30-31(25-12-7-15-27(23-25)41-26-13-5-2-6-14-26)37-42-33(30)36-29(35-32)22-24-10-3-1-4-11-24/h1-8,10-16,21,23H,9,17-20,22H2. The molecular weight excluding hydrogens is 558 g/mol. The highest BCUT2D eigenvalue weighted by Gasteiger charge is 2.26. The molecule has 214 valence electrons. The van der Waals surface area contributed by atoms with Crippen molar-refractivity contribution in [2.75, 3.05) is 31.1 Å². The van der Waals surface area contributed by atoms with Gasteiger partial charge in [0.05, 0.1) is 4.88 Å². The number of thiophene rings is 1. The monoisotopic (exact) mass is 587 g/mol. The fourth-order valence-electron chi connectivity index (χ4n) is 5.38. The molecule has 43 heavy (non-hydrogen) atoms. The Morgan fingerprint density at radius 3 is 2.47 bits per heavy atom. The number of carbonyl (C=O) groups is 1. The SMILES string of the molecule is O=C(c1cccs1)N1CCCN(c2nc(Cc3ccccc3)nc3onc(-c4cccc(Oc5ccccc5)c4)c23)CC1. The zero-order valence-corrected chi connectivity index (χ0v) is 24.2. The maximum atomic E-state index is 13.1. The molecule has 1 saturated heterocycles. The lowest BCUT2D eigenvalue weighted by molar-refractivity contribution is 0.0772. The van der Waals surface area contributed by atoms with Crippen LogP contribution in [0.25, 0.3) is 22.4 Å². The molecule has 1 aliphatic heterocycles. The summed E-state index contributed by atoms with van der Waals surface area (Å²) < 4.78 is 12.0. The Balaban J connectivity index is 1.25. The van der Waals surface area contributed by atoms with Gasteiger partial charge in [0.1, 0.15) is 34.2 Å². The number of fused-ring (bicyclic) bond motifs is 1. The van der Waals surface area contributed by atoms with Crippen LogP contribution >= 0.6 is 11.3 Å². The third-order valence-corrected chi connectivity index (χ3v) is 8.33. The Morgan fingerprint density at radius 1 is 0.837 bits per heavy atom. The highest BCUT2D eigenvalue weighted by Crippen LogP contribution is 2.36. The summed E-state index contributed by atoms with van der Waals surface area (Å²) in [5, 5.41) is 7.19. The number of para-hydroxylation sites is 1. The van der Waals surface area contributed by atoms with Crippen LogP contribution in [0.15, 0.2) is 107 Å². The number of rotatable bonds is 7. The molecule has 3 aromatic heterocycles. The number of hydrogen-bond donors (Lipinski definition) is 0. The number of carbonyl (C=O) groups excluding carboxylic acids is 1. The Labute approximate surface area is 253 Å². The van der Waals surface area contributed by atoms with E-state index in [1.807, 2.05) is 95.2 Å². The number of anilines is 1. The Morgan fingerprint density at radius 2 is 1.65 bits per heavy atom. The summed E-state index contributed by atoms with van der Waals surface area (Å²) in [5.41, 5.74) is 3.06. The van der Waals surface area contributed by atoms with E-state index in [-0.39, 0.29) is 5.91 Å². The van der Waals surface area contributed by atoms with Crippen LogP contribution in [-0.2, 0) is 6.42 Å². The second kappa shape index (κ2) is 12.1. The van der Waals surface area contributed by atoms with Crippen molar-refractivity contribution in [3.8, 4) is 22.8 Å². The van der Waals surface area contributed by atoms with E-state index < -0.39 is 0 Å². The van der Waals surface area contributed by atoms with Crippen LogP contribution in [0.4, 0.5) is 5.82 Å². The van der Waals surface area contributed by atoms with Crippen LogP contribution in [0.2, 0.25) is 0 Å². The van der Waals surface area contributed by atoms with Gasteiger partial charge in [0.25, 0.3) is 11.6 Å². The van der Waals surface area contributed by atoms with Crippen molar-refractivity contribution in [1.82, 2.24) is 20.0 Å². The first-order valence-electron chi connectivity index (χ1n) is 14.3. The van der Waals surface area contributed by atoms with Gasteiger partial charge in [-0.1, -0.05) is 71.9 Å². The molecule has 1 amide bonds. The summed E-state index contributed by atoms with van der Waals surface area (Å²) in [5.74, 6) is 2.96. The van der Waals surface area contributed by atoms with Gasteiger partial charge >= 0.3 is 0 Å². The molecule has 0 radical (unpaired) electrons. The van der Waals surface area contributed by atoms with Crippen LogP contribution in [0.1, 0.15) is 27.5 Å². The average molecular weight is 588 g/mol. The second-order valence-corrected chi connectivity index (χ2v) is 11.3. The molecule has 4 heterocycles. The van der Waals surface area contributed by atoms with Gasteiger partial charge in [0, 0.05) is 38.2 Å². The minimum Gasteiger partial charge on any atom is -0.457 e. The molecule has 6 aromatic rings. The van der Waals surface area contributed by atoms with E-state index in [0.29, 0.717) is 49.0 Å². The van der Waals surface area contributed by atoms with Crippen LogP contribution in [0.5, 0.6) is 11.5 Å². The van der Waals surface area contributed by atoms with Crippen molar-refractivity contribution in [2.24, 2.45) is 0 Å². The number of aromatic nitrogens is 3. The topological polar surface area (TPSA) is 84.6 Å². The molecule has 0 atom stereocenters. The lowest BCUT2D eigenvalue weighted by Gasteiger charge is -2.23. The predicted octanol–water partition coefficient (Wildman–Crippen LogP) is 7.08. The Bertz CT molecular complexity index is 1840. The summed E-state index contributed by atoms with van der Waals surface area (Å²) in [6, 6.07) is 31.4. The highest BCUT2D eigenvalue weighted by atomic mass is 32.1. The van der Waals surface area contributed by atoms with Gasteiger partial charge in [0.2, 0.25) is 0 Å². The molecule has 0 N–H and O–H groups in total. The number of ether oxygens (including phenoxy) is 1. The first-order valence-corrected chi connectivity index (χ1v) is 15.2. The number of benzene rings is 3. The van der Waals surface area contributed by atoms with Crippen LogP contribution < -0.4 is 9.64 Å². The van der Waals surface area contributed by atoms with Crippen molar-refractivity contribution >= 4 is 34.2 Å². The number of amides is 1. The van der Waals surface area contributed by atoms with Crippen molar-refractivity contribution in [3.05, 3.63) is 119 Å². The van der Waals surface area contributed by atoms with E-state index in [1.54, 1.807) is 0 Å². The summed E-state index contributed by atoms with van der Waals surface area (Å²) in [6.45, 7) is 2.66. The van der Waals surface area contributed by atoms with Gasteiger partial charge in [0.15, 0.2) is 0 Å². The van der Waals surface area contributed by atoms with Gasteiger partial charge in [-0.15, -0.1) is 11.3 Å². The van der Waals surface area contributed by atoms with Gasteiger partial charge in [-0.2, -0.15) is 4.98 Å². The van der Waals surface area contributed by atoms with Gasteiger partial charge in [-0.25, -0.2) is 4.98 Å². The van der Waals surface area contributed by atoms with E-state index in [9.17, 15) is 4.79 Å². The zero-order valence-electron chi connectivity index (χ0n) is 23.4. The van der Waals surface area contributed by atoms with Crippen molar-refractivity contribution in [3.63, 3.8) is 0 Å². The maximum Gasteiger partial charge on any atom is 0.263 e. The first kappa shape index (κ1) is 26.9. The van der Waals surface area contributed by atoms with Crippen molar-refractivity contribution in [1.29, 1.82) is 0 Å². The van der Waals surface area contributed by atoms with Crippen LogP contribution in [0, 0.1) is 0 Å². The van der Waals surface area contributed by atoms with E-state index in [4.69, 9.17) is 19.2 Å². The van der Waals surface area contributed by atoms with E-state index >= 15 is 0 Å². The summed E-state index contributed by atoms with van der Waals surface area (Å²) in [4.78, 5) is 28.0. The van der Waals surface area contributed by atoms with Crippen molar-refractivity contribution in [2.45, 2.75) is 12.8 Å². The van der Waals surface area contributed by atoms with E-state index in [1.165, 1.54) is 11.3 Å². The van der Waals surface area contributed by atoms with Gasteiger partial charge in [-0.3, -0.25) is 4.79 Å². The molecule has 0 bridgehead atoms. The lowest BCUT2D eigenvalue weighted by Crippen LogP contribution is -2.35. The molecular formula is C34H29N5O3S. The Hall–Kier alpha value is -5.02. The molecule has 9 heteroatoms. The molecule has 1 fully saturated rings. The Kier molecular flexibility index (Phi) is 7.54. The van der Waals surface area contributed by atoms with Crippen LogP contribution in [0.3, 0.4) is 0 Å². The quantitative estimate of drug-likeness (QED) is 0.197. The fourth-order valence-corrected chi connectivity index (χ4v) is 6.07. The fraction of sp³-hybridized carbons (Fsp3) is 0.176. The van der Waals surface area contributed by atoms with Gasteiger partial charge < -0.3 is 19.1 Å². The largest absolute Gasteiger partial charge is 0.457 e. The lowest BCUT2D eigenvalue weighted by atomic mass is 10.1. The zero-order chi connectivity index (χ0) is 29.0. The normalized spacial score (nSPS) is 13.7. The van der Waals surface area contributed by atoms with Crippen LogP contribution in [-0.4, -0.2) is 52.1 Å². The summed E-state index contributed by atoms with van der Waals surface area (Å²) in [6.07, 6.45) is 1.38. The molecule has 8 nitrogen and oxygen atoms in total. The molecule has 0 unspecified atom stereocenters. The molecule has 0 spiro atoms. The molecule has 0 saturated carbocycles. The maximum absolute atomic E-state index is 13.1. The number of hydrogen-bond acceptors (Lipinski definition) is 8. The summed E-state index contributed by atoms with van der Waals surface area (Å²) >= 11 is 1.48. The van der Waals surface area contributed by atoms with Crippen molar-refractivity contribution < 1.29 is 14.1 Å².